The highest BCUT2D eigenvalue weighted by molar-refractivity contribution is 7.10. The molecule has 0 radical (unpaired) electrons. The van der Waals surface area contributed by atoms with E-state index in [0.29, 0.717) is 6.04 Å². The third-order valence-electron chi connectivity index (χ3n) is 2.11. The Labute approximate surface area is 91.6 Å². The number of aromatic nitrogens is 1. The number of hydrogen-bond acceptors (Lipinski definition) is 4. The highest BCUT2D eigenvalue weighted by Gasteiger charge is 2.14. The first-order valence-corrected chi connectivity index (χ1v) is 6.18. The molecular weight excluding hydrogens is 212 g/mol. The quantitative estimate of drug-likeness (QED) is 0.867. The maximum absolute atomic E-state index is 4.11. The van der Waals surface area contributed by atoms with Crippen molar-refractivity contribution >= 4 is 22.7 Å². The van der Waals surface area contributed by atoms with Crippen molar-refractivity contribution in [3.05, 3.63) is 38.5 Å². The second kappa shape index (κ2) is 4.21. The van der Waals surface area contributed by atoms with Crippen LogP contribution in [0.2, 0.25) is 0 Å². The fourth-order valence-electron chi connectivity index (χ4n) is 1.46. The van der Waals surface area contributed by atoms with E-state index in [1.165, 1.54) is 15.3 Å². The van der Waals surface area contributed by atoms with Crippen molar-refractivity contribution in [2.45, 2.75) is 13.0 Å². The average Bonchev–Trinajstić information content (AvgIpc) is 2.79. The Morgan fingerprint density at radius 3 is 2.79 bits per heavy atom. The van der Waals surface area contributed by atoms with Gasteiger partial charge < -0.3 is 5.32 Å². The number of thiophene rings is 1. The molecule has 0 spiro atoms. The minimum atomic E-state index is 0.299. The molecule has 0 aliphatic carbocycles. The maximum atomic E-state index is 4.11. The summed E-state index contributed by atoms with van der Waals surface area (Å²) in [5.74, 6) is 0. The average molecular weight is 224 g/mol. The lowest BCUT2D eigenvalue weighted by Crippen LogP contribution is -2.15. The molecule has 0 amide bonds. The van der Waals surface area contributed by atoms with Gasteiger partial charge in [-0.05, 0) is 31.0 Å². The van der Waals surface area contributed by atoms with Crippen molar-refractivity contribution in [1.82, 2.24) is 10.3 Å². The van der Waals surface area contributed by atoms with Gasteiger partial charge in [-0.15, -0.1) is 22.7 Å². The zero-order chi connectivity index (χ0) is 9.97. The smallest absolute Gasteiger partial charge is 0.0794 e. The Kier molecular flexibility index (Phi) is 2.96. The van der Waals surface area contributed by atoms with Crippen LogP contribution < -0.4 is 5.32 Å². The lowest BCUT2D eigenvalue weighted by molar-refractivity contribution is 0.704. The van der Waals surface area contributed by atoms with Crippen molar-refractivity contribution in [3.63, 3.8) is 0 Å². The molecule has 2 rings (SSSR count). The number of aryl methyl sites for hydroxylation is 1. The maximum Gasteiger partial charge on any atom is 0.0794 e. The first-order valence-electron chi connectivity index (χ1n) is 4.42. The highest BCUT2D eigenvalue weighted by atomic mass is 32.1. The fraction of sp³-hybridized carbons (Fsp3) is 0.300. The number of nitrogens with zero attached hydrogens (tertiary/aromatic N) is 1. The van der Waals surface area contributed by atoms with Crippen molar-refractivity contribution in [3.8, 4) is 0 Å². The molecule has 1 unspecified atom stereocenters. The molecule has 0 aromatic carbocycles. The Morgan fingerprint density at radius 2 is 2.29 bits per heavy atom. The van der Waals surface area contributed by atoms with E-state index in [-0.39, 0.29) is 0 Å². The summed E-state index contributed by atoms with van der Waals surface area (Å²) >= 11 is 3.48. The summed E-state index contributed by atoms with van der Waals surface area (Å²) in [4.78, 5) is 6.73. The van der Waals surface area contributed by atoms with E-state index in [0.717, 1.165) is 0 Å². The van der Waals surface area contributed by atoms with E-state index in [1.807, 2.05) is 18.8 Å². The van der Waals surface area contributed by atoms with E-state index < -0.39 is 0 Å². The van der Waals surface area contributed by atoms with Crippen molar-refractivity contribution in [1.29, 1.82) is 0 Å². The third kappa shape index (κ3) is 1.87. The first-order chi connectivity index (χ1) is 6.81. The van der Waals surface area contributed by atoms with Gasteiger partial charge in [-0.1, -0.05) is 0 Å². The molecule has 2 heterocycles. The molecule has 0 saturated carbocycles. The minimum Gasteiger partial charge on any atom is -0.309 e. The molecule has 0 aliphatic heterocycles. The van der Waals surface area contributed by atoms with Crippen LogP contribution in [0.15, 0.2) is 23.2 Å². The molecule has 2 nitrogen and oxygen atoms in total. The van der Waals surface area contributed by atoms with E-state index in [9.17, 15) is 0 Å². The van der Waals surface area contributed by atoms with Crippen LogP contribution in [0.1, 0.15) is 21.4 Å². The summed E-state index contributed by atoms with van der Waals surface area (Å²) in [5, 5.41) is 5.52. The molecule has 0 saturated heterocycles. The molecule has 2 aromatic rings. The summed E-state index contributed by atoms with van der Waals surface area (Å²) < 4.78 is 0. The van der Waals surface area contributed by atoms with Crippen LogP contribution in [0.25, 0.3) is 0 Å². The van der Waals surface area contributed by atoms with Gasteiger partial charge >= 0.3 is 0 Å². The lowest BCUT2D eigenvalue weighted by atomic mass is 10.1. The van der Waals surface area contributed by atoms with Crippen LogP contribution in [0.3, 0.4) is 0 Å². The van der Waals surface area contributed by atoms with Crippen molar-refractivity contribution in [2.75, 3.05) is 7.05 Å². The molecule has 1 atom stereocenters. The third-order valence-corrected chi connectivity index (χ3v) is 3.83. The van der Waals surface area contributed by atoms with Gasteiger partial charge in [0.05, 0.1) is 11.6 Å². The molecule has 4 heteroatoms. The standard InChI is InChI=1S/C10H12N2S2/c1-7-3-8(5-13-7)10(11-2)9-4-12-6-14-9/h3-6,10-11H,1-2H3. The number of hydrogen-bond donors (Lipinski definition) is 1. The van der Waals surface area contributed by atoms with Gasteiger partial charge in [-0.2, -0.15) is 0 Å². The topological polar surface area (TPSA) is 24.9 Å². The Hall–Kier alpha value is -0.710. The van der Waals surface area contributed by atoms with Gasteiger partial charge in [-0.3, -0.25) is 4.98 Å². The van der Waals surface area contributed by atoms with Crippen LogP contribution in [0.5, 0.6) is 0 Å². The van der Waals surface area contributed by atoms with E-state index in [1.54, 1.807) is 22.7 Å². The fourth-order valence-corrected chi connectivity index (χ4v) is 2.94. The molecule has 2 aromatic heterocycles. The summed E-state index contributed by atoms with van der Waals surface area (Å²) in [7, 11) is 1.98. The molecule has 0 fully saturated rings. The highest BCUT2D eigenvalue weighted by Crippen LogP contribution is 2.27. The second-order valence-corrected chi connectivity index (χ2v) is 5.15. The van der Waals surface area contributed by atoms with Gasteiger partial charge in [0, 0.05) is 16.0 Å². The van der Waals surface area contributed by atoms with E-state index in [2.05, 4.69) is 28.7 Å². The number of rotatable bonds is 3. The Balaban J connectivity index is 2.31. The molecule has 14 heavy (non-hydrogen) atoms. The molecule has 1 N–H and O–H groups in total. The Bertz CT molecular complexity index is 392. The summed E-state index contributed by atoms with van der Waals surface area (Å²) in [6.07, 6.45) is 1.93. The summed E-state index contributed by atoms with van der Waals surface area (Å²) in [5.41, 5.74) is 3.21. The van der Waals surface area contributed by atoms with E-state index >= 15 is 0 Å². The molecule has 74 valence electrons. The number of nitrogens with one attached hydrogen (secondary N) is 1. The molecular formula is C10H12N2S2. The largest absolute Gasteiger partial charge is 0.309 e. The van der Waals surface area contributed by atoms with Crippen LogP contribution >= 0.6 is 22.7 Å². The Morgan fingerprint density at radius 1 is 1.43 bits per heavy atom. The van der Waals surface area contributed by atoms with Crippen LogP contribution in [-0.2, 0) is 0 Å². The van der Waals surface area contributed by atoms with Gasteiger partial charge in [0.2, 0.25) is 0 Å². The summed E-state index contributed by atoms with van der Waals surface area (Å²) in [6.45, 7) is 2.13. The predicted octanol–water partition coefficient (Wildman–Crippen LogP) is 2.82. The monoisotopic (exact) mass is 224 g/mol. The number of thiazole rings is 1. The predicted molar refractivity (Wildman–Crippen MR) is 62.1 cm³/mol. The van der Waals surface area contributed by atoms with Gasteiger partial charge in [0.15, 0.2) is 0 Å². The van der Waals surface area contributed by atoms with Gasteiger partial charge in [0.1, 0.15) is 0 Å². The van der Waals surface area contributed by atoms with E-state index in [4.69, 9.17) is 0 Å². The lowest BCUT2D eigenvalue weighted by Gasteiger charge is -2.11. The second-order valence-electron chi connectivity index (χ2n) is 3.12. The van der Waals surface area contributed by atoms with Gasteiger partial charge in [0.25, 0.3) is 0 Å². The molecule has 0 aliphatic rings. The molecule has 0 bridgehead atoms. The zero-order valence-corrected chi connectivity index (χ0v) is 9.78. The summed E-state index contributed by atoms with van der Waals surface area (Å²) in [6, 6.07) is 2.53. The first kappa shape index (κ1) is 9.83. The van der Waals surface area contributed by atoms with Crippen LogP contribution in [0.4, 0.5) is 0 Å². The zero-order valence-electron chi connectivity index (χ0n) is 8.15. The normalized spacial score (nSPS) is 13.0. The van der Waals surface area contributed by atoms with Gasteiger partial charge in [-0.25, -0.2) is 0 Å². The van der Waals surface area contributed by atoms with Crippen molar-refractivity contribution < 1.29 is 0 Å². The minimum absolute atomic E-state index is 0.299. The van der Waals surface area contributed by atoms with Crippen LogP contribution in [0, 0.1) is 6.92 Å². The van der Waals surface area contributed by atoms with Crippen LogP contribution in [-0.4, -0.2) is 12.0 Å². The van der Waals surface area contributed by atoms with Crippen molar-refractivity contribution in [2.24, 2.45) is 0 Å². The SMILES string of the molecule is CNC(c1csc(C)c1)c1cncs1.